The number of ether oxygens (including phenoxy) is 1. The molecule has 3 heterocycles. The smallest absolute Gasteiger partial charge is 0.282 e. The van der Waals surface area contributed by atoms with Crippen LogP contribution in [0.3, 0.4) is 0 Å². The van der Waals surface area contributed by atoms with Gasteiger partial charge in [0.05, 0.1) is 24.0 Å². The van der Waals surface area contributed by atoms with E-state index in [1.807, 2.05) is 20.8 Å². The second kappa shape index (κ2) is 7.26. The van der Waals surface area contributed by atoms with Crippen LogP contribution in [0.1, 0.15) is 29.9 Å². The molecule has 2 atom stereocenters. The van der Waals surface area contributed by atoms with Gasteiger partial charge in [-0.05, 0) is 20.8 Å². The Hall–Kier alpha value is -1.49. The molecule has 2 aliphatic rings. The third-order valence-electron chi connectivity index (χ3n) is 5.03. The van der Waals surface area contributed by atoms with Crippen molar-refractivity contribution in [2.24, 2.45) is 7.05 Å². The minimum atomic E-state index is -3.54. The largest absolute Gasteiger partial charge is 0.373 e. The normalized spacial score (nSPS) is 26.2. The molecule has 0 aromatic carbocycles. The Kier molecular flexibility index (Phi) is 5.38. The number of piperazine rings is 1. The predicted molar refractivity (Wildman–Crippen MR) is 95.9 cm³/mol. The Balaban J connectivity index is 1.64. The highest BCUT2D eigenvalue weighted by Crippen LogP contribution is 2.20. The highest BCUT2D eigenvalue weighted by atomic mass is 32.2. The molecule has 2 fully saturated rings. The molecule has 0 aliphatic carbocycles. The second-order valence-corrected chi connectivity index (χ2v) is 8.97. The van der Waals surface area contributed by atoms with Crippen molar-refractivity contribution in [3.63, 3.8) is 0 Å². The van der Waals surface area contributed by atoms with Gasteiger partial charge in [0.1, 0.15) is 0 Å². The number of nitrogens with zero attached hydrogens (tertiary/aromatic N) is 5. The molecule has 0 N–H and O–H groups in total. The maximum Gasteiger partial charge on any atom is 0.282 e. The summed E-state index contributed by atoms with van der Waals surface area (Å²) in [5.41, 5.74) is 1.38. The van der Waals surface area contributed by atoms with E-state index >= 15 is 0 Å². The van der Waals surface area contributed by atoms with Crippen molar-refractivity contribution in [3.05, 3.63) is 17.5 Å². The number of morpholine rings is 1. The maximum absolute atomic E-state index is 12.9. The van der Waals surface area contributed by atoms with E-state index in [0.29, 0.717) is 44.8 Å². The van der Waals surface area contributed by atoms with Crippen LogP contribution in [-0.2, 0) is 22.0 Å². The molecule has 146 valence electrons. The van der Waals surface area contributed by atoms with Gasteiger partial charge in [-0.2, -0.15) is 22.1 Å². The van der Waals surface area contributed by atoms with Gasteiger partial charge in [-0.25, -0.2) is 0 Å². The van der Waals surface area contributed by atoms with Gasteiger partial charge in [0, 0.05) is 52.0 Å². The standard InChI is InChI=1S/C16H27N5O4S/c1-12-10-21(11-13(2)25-12)26(23,24)20-7-5-19(6-8-20)16(22)15-9-17-18(4)14(15)3/h9,12-13H,5-8,10-11H2,1-4H3. The van der Waals surface area contributed by atoms with E-state index in [2.05, 4.69) is 5.10 Å². The summed E-state index contributed by atoms with van der Waals surface area (Å²) in [5, 5.41) is 4.11. The molecular formula is C16H27N5O4S. The zero-order valence-corrected chi connectivity index (χ0v) is 16.6. The average molecular weight is 385 g/mol. The molecule has 10 heteroatoms. The summed E-state index contributed by atoms with van der Waals surface area (Å²) in [6.07, 6.45) is 1.33. The van der Waals surface area contributed by atoms with E-state index in [1.165, 1.54) is 8.61 Å². The van der Waals surface area contributed by atoms with Crippen molar-refractivity contribution in [1.82, 2.24) is 23.3 Å². The first kappa shape index (κ1) is 19.3. The SMILES string of the molecule is Cc1c(C(=O)N2CCN(S(=O)(=O)N3CC(C)OC(C)C3)CC2)cnn1C. The maximum atomic E-state index is 12.9. The Bertz CT molecular complexity index is 760. The van der Waals surface area contributed by atoms with Crippen molar-refractivity contribution in [2.75, 3.05) is 39.3 Å². The molecule has 1 amide bonds. The highest BCUT2D eigenvalue weighted by Gasteiger charge is 2.37. The van der Waals surface area contributed by atoms with Crippen LogP contribution in [0.25, 0.3) is 0 Å². The van der Waals surface area contributed by atoms with Crippen molar-refractivity contribution in [3.8, 4) is 0 Å². The van der Waals surface area contributed by atoms with Crippen molar-refractivity contribution < 1.29 is 17.9 Å². The van der Waals surface area contributed by atoms with Gasteiger partial charge >= 0.3 is 0 Å². The Morgan fingerprint density at radius 2 is 1.69 bits per heavy atom. The van der Waals surface area contributed by atoms with Crippen LogP contribution in [0, 0.1) is 6.92 Å². The highest BCUT2D eigenvalue weighted by molar-refractivity contribution is 7.86. The molecule has 1 aromatic rings. The van der Waals surface area contributed by atoms with Crippen LogP contribution >= 0.6 is 0 Å². The van der Waals surface area contributed by atoms with E-state index in [4.69, 9.17) is 4.74 Å². The zero-order chi connectivity index (χ0) is 19.1. The Morgan fingerprint density at radius 3 is 2.19 bits per heavy atom. The minimum Gasteiger partial charge on any atom is -0.373 e. The Labute approximate surface area is 154 Å². The van der Waals surface area contributed by atoms with Gasteiger partial charge in [0.15, 0.2) is 0 Å². The first-order valence-corrected chi connectivity index (χ1v) is 10.3. The minimum absolute atomic E-state index is 0.0961. The summed E-state index contributed by atoms with van der Waals surface area (Å²) in [7, 11) is -1.74. The summed E-state index contributed by atoms with van der Waals surface area (Å²) in [6, 6.07) is 0. The summed E-state index contributed by atoms with van der Waals surface area (Å²) < 4.78 is 36.1. The number of carbonyl (C=O) groups is 1. The van der Waals surface area contributed by atoms with Gasteiger partial charge in [0.2, 0.25) is 0 Å². The number of carbonyl (C=O) groups excluding carboxylic acids is 1. The molecule has 0 saturated carbocycles. The van der Waals surface area contributed by atoms with Crippen LogP contribution in [-0.4, -0.2) is 89.1 Å². The fourth-order valence-corrected chi connectivity index (χ4v) is 5.23. The fraction of sp³-hybridized carbons (Fsp3) is 0.750. The Morgan fingerprint density at radius 1 is 1.12 bits per heavy atom. The van der Waals surface area contributed by atoms with Crippen LogP contribution in [0.2, 0.25) is 0 Å². The van der Waals surface area contributed by atoms with Crippen molar-refractivity contribution in [1.29, 1.82) is 0 Å². The molecule has 2 unspecified atom stereocenters. The number of rotatable bonds is 3. The molecule has 3 rings (SSSR count). The predicted octanol–water partition coefficient (Wildman–Crippen LogP) is -0.160. The third-order valence-corrected chi connectivity index (χ3v) is 7.00. The topological polar surface area (TPSA) is 88.0 Å². The van der Waals surface area contributed by atoms with Gasteiger partial charge in [-0.15, -0.1) is 0 Å². The summed E-state index contributed by atoms with van der Waals surface area (Å²) in [4.78, 5) is 14.4. The van der Waals surface area contributed by atoms with Crippen LogP contribution in [0.4, 0.5) is 0 Å². The van der Waals surface area contributed by atoms with E-state index in [1.54, 1.807) is 22.8 Å². The quantitative estimate of drug-likeness (QED) is 0.722. The van der Waals surface area contributed by atoms with E-state index in [0.717, 1.165) is 5.69 Å². The molecule has 0 radical (unpaired) electrons. The van der Waals surface area contributed by atoms with Gasteiger partial charge in [-0.3, -0.25) is 9.48 Å². The molecule has 2 saturated heterocycles. The summed E-state index contributed by atoms with van der Waals surface area (Å²) >= 11 is 0. The molecule has 26 heavy (non-hydrogen) atoms. The molecular weight excluding hydrogens is 358 g/mol. The lowest BCUT2D eigenvalue weighted by Gasteiger charge is -2.40. The average Bonchev–Trinajstić information content (AvgIpc) is 2.93. The number of hydrogen-bond acceptors (Lipinski definition) is 5. The van der Waals surface area contributed by atoms with Gasteiger partial charge in [-0.1, -0.05) is 0 Å². The molecule has 0 spiro atoms. The van der Waals surface area contributed by atoms with Crippen LogP contribution in [0.15, 0.2) is 6.20 Å². The lowest BCUT2D eigenvalue weighted by atomic mass is 10.2. The fourth-order valence-electron chi connectivity index (χ4n) is 3.48. The van der Waals surface area contributed by atoms with E-state index < -0.39 is 10.2 Å². The van der Waals surface area contributed by atoms with Crippen LogP contribution in [0.5, 0.6) is 0 Å². The monoisotopic (exact) mass is 385 g/mol. The third kappa shape index (κ3) is 3.64. The number of amides is 1. The first-order valence-electron chi connectivity index (χ1n) is 8.88. The van der Waals surface area contributed by atoms with Gasteiger partial charge < -0.3 is 9.64 Å². The number of aromatic nitrogens is 2. The van der Waals surface area contributed by atoms with Crippen molar-refractivity contribution >= 4 is 16.1 Å². The van der Waals surface area contributed by atoms with Gasteiger partial charge in [0.25, 0.3) is 16.1 Å². The summed E-state index contributed by atoms with van der Waals surface area (Å²) in [5.74, 6) is -0.0961. The molecule has 2 aliphatic heterocycles. The first-order chi connectivity index (χ1) is 12.2. The lowest BCUT2D eigenvalue weighted by molar-refractivity contribution is -0.0457. The molecule has 0 bridgehead atoms. The molecule has 1 aromatic heterocycles. The number of aryl methyl sites for hydroxylation is 1. The van der Waals surface area contributed by atoms with E-state index in [9.17, 15) is 13.2 Å². The second-order valence-electron chi connectivity index (χ2n) is 7.04. The lowest BCUT2D eigenvalue weighted by Crippen LogP contribution is -2.57. The van der Waals surface area contributed by atoms with Crippen LogP contribution < -0.4 is 0 Å². The zero-order valence-electron chi connectivity index (χ0n) is 15.8. The van der Waals surface area contributed by atoms with E-state index in [-0.39, 0.29) is 18.1 Å². The number of hydrogen-bond donors (Lipinski definition) is 0. The van der Waals surface area contributed by atoms with Crippen molar-refractivity contribution in [2.45, 2.75) is 33.0 Å². The molecule has 9 nitrogen and oxygen atoms in total. The summed E-state index contributed by atoms with van der Waals surface area (Å²) in [6.45, 7) is 7.68.